The minimum Gasteiger partial charge on any atom is -0.368 e. The minimum absolute atomic E-state index is 0.266. The summed E-state index contributed by atoms with van der Waals surface area (Å²) in [5.41, 5.74) is 9.57. The van der Waals surface area contributed by atoms with Crippen molar-refractivity contribution in [2.45, 2.75) is 6.54 Å². The number of H-pyrrole nitrogens is 1. The molecule has 0 aliphatic heterocycles. The van der Waals surface area contributed by atoms with Crippen LogP contribution in [0, 0.1) is 0 Å². The number of anilines is 2. The lowest BCUT2D eigenvalue weighted by atomic mass is 10.1. The maximum Gasteiger partial charge on any atom is 0.220 e. The van der Waals surface area contributed by atoms with E-state index in [-0.39, 0.29) is 5.95 Å². The number of nitrogens with two attached hydrogens (primary N) is 1. The predicted octanol–water partition coefficient (Wildman–Crippen LogP) is 3.21. The van der Waals surface area contributed by atoms with Gasteiger partial charge in [-0.3, -0.25) is 5.10 Å². The molecule has 0 spiro atoms. The quantitative estimate of drug-likeness (QED) is 0.537. The summed E-state index contributed by atoms with van der Waals surface area (Å²) in [5, 5.41) is 11.8. The van der Waals surface area contributed by atoms with Crippen molar-refractivity contribution >= 4 is 22.7 Å². The second-order valence-corrected chi connectivity index (χ2v) is 5.47. The van der Waals surface area contributed by atoms with E-state index in [1.165, 1.54) is 5.56 Å². The number of rotatable bonds is 4. The fourth-order valence-electron chi connectivity index (χ4n) is 2.63. The van der Waals surface area contributed by atoms with E-state index in [1.807, 2.05) is 42.5 Å². The number of hydrogen-bond acceptors (Lipinski definition) is 5. The topological polar surface area (TPSA) is 92.5 Å². The Morgan fingerprint density at radius 2 is 1.92 bits per heavy atom. The molecule has 6 heteroatoms. The van der Waals surface area contributed by atoms with Gasteiger partial charge in [0, 0.05) is 23.7 Å². The third-order valence-electron chi connectivity index (χ3n) is 3.84. The number of hydrogen-bond donors (Lipinski definition) is 3. The zero-order valence-corrected chi connectivity index (χ0v) is 12.9. The first-order chi connectivity index (χ1) is 11.8. The lowest BCUT2D eigenvalue weighted by molar-refractivity contribution is 1.06. The summed E-state index contributed by atoms with van der Waals surface area (Å²) >= 11 is 0. The molecule has 24 heavy (non-hydrogen) atoms. The van der Waals surface area contributed by atoms with Gasteiger partial charge in [0.25, 0.3) is 0 Å². The molecule has 4 aromatic rings. The van der Waals surface area contributed by atoms with Gasteiger partial charge in [-0.25, -0.2) is 9.97 Å². The smallest absolute Gasteiger partial charge is 0.220 e. The van der Waals surface area contributed by atoms with Gasteiger partial charge in [-0.05, 0) is 23.8 Å². The summed E-state index contributed by atoms with van der Waals surface area (Å²) in [4.78, 5) is 8.17. The SMILES string of the molecule is Nc1nccc(-c2ccc3c(NCc4ccccc4)n[nH]c3c2)n1. The lowest BCUT2D eigenvalue weighted by Gasteiger charge is -2.04. The van der Waals surface area contributed by atoms with Crippen molar-refractivity contribution < 1.29 is 0 Å². The molecule has 0 amide bonds. The van der Waals surface area contributed by atoms with E-state index in [4.69, 9.17) is 5.73 Å². The molecule has 2 aromatic heterocycles. The second-order valence-electron chi connectivity index (χ2n) is 5.47. The summed E-state index contributed by atoms with van der Waals surface area (Å²) in [7, 11) is 0. The Labute approximate surface area is 138 Å². The molecule has 0 aliphatic rings. The number of nitrogens with zero attached hydrogens (tertiary/aromatic N) is 3. The fourth-order valence-corrected chi connectivity index (χ4v) is 2.63. The summed E-state index contributed by atoms with van der Waals surface area (Å²) < 4.78 is 0. The molecule has 0 saturated heterocycles. The molecule has 0 bridgehead atoms. The van der Waals surface area contributed by atoms with Gasteiger partial charge in [-0.15, -0.1) is 0 Å². The van der Waals surface area contributed by atoms with Gasteiger partial charge in [0.05, 0.1) is 11.2 Å². The highest BCUT2D eigenvalue weighted by atomic mass is 15.2. The van der Waals surface area contributed by atoms with Crippen LogP contribution in [0.5, 0.6) is 0 Å². The molecule has 4 rings (SSSR count). The van der Waals surface area contributed by atoms with E-state index in [0.29, 0.717) is 0 Å². The van der Waals surface area contributed by atoms with Crippen LogP contribution < -0.4 is 11.1 Å². The maximum absolute atomic E-state index is 5.66. The molecule has 4 N–H and O–H groups in total. The van der Waals surface area contributed by atoms with Crippen LogP contribution in [0.4, 0.5) is 11.8 Å². The number of nitrogens with one attached hydrogen (secondary N) is 2. The van der Waals surface area contributed by atoms with Crippen molar-refractivity contribution in [3.63, 3.8) is 0 Å². The molecule has 2 aromatic carbocycles. The van der Waals surface area contributed by atoms with Crippen LogP contribution in [0.2, 0.25) is 0 Å². The zero-order valence-electron chi connectivity index (χ0n) is 12.9. The fraction of sp³-hybridized carbons (Fsp3) is 0.0556. The van der Waals surface area contributed by atoms with E-state index in [2.05, 4.69) is 37.6 Å². The predicted molar refractivity (Wildman–Crippen MR) is 95.3 cm³/mol. The van der Waals surface area contributed by atoms with Crippen molar-refractivity contribution in [3.8, 4) is 11.3 Å². The first-order valence-corrected chi connectivity index (χ1v) is 7.64. The number of benzene rings is 2. The first kappa shape index (κ1) is 14.2. The average Bonchev–Trinajstić information content (AvgIpc) is 3.03. The van der Waals surface area contributed by atoms with Crippen molar-refractivity contribution in [1.82, 2.24) is 20.2 Å². The third-order valence-corrected chi connectivity index (χ3v) is 3.84. The summed E-state index contributed by atoms with van der Waals surface area (Å²) in [6, 6.07) is 18.1. The van der Waals surface area contributed by atoms with Crippen LogP contribution in [0.1, 0.15) is 5.56 Å². The molecule has 0 atom stereocenters. The molecule has 0 fully saturated rings. The number of aromatic amines is 1. The highest BCUT2D eigenvalue weighted by Gasteiger charge is 2.08. The molecule has 118 valence electrons. The van der Waals surface area contributed by atoms with Gasteiger partial charge in [0.15, 0.2) is 5.82 Å². The maximum atomic E-state index is 5.66. The molecule has 2 heterocycles. The Morgan fingerprint density at radius 3 is 2.75 bits per heavy atom. The van der Waals surface area contributed by atoms with Gasteiger partial charge in [-0.2, -0.15) is 5.10 Å². The Bertz CT molecular complexity index is 977. The summed E-state index contributed by atoms with van der Waals surface area (Å²) in [5.74, 6) is 1.10. The van der Waals surface area contributed by atoms with E-state index >= 15 is 0 Å². The normalized spacial score (nSPS) is 10.8. The van der Waals surface area contributed by atoms with Gasteiger partial charge in [0.2, 0.25) is 5.95 Å². The van der Waals surface area contributed by atoms with E-state index < -0.39 is 0 Å². The van der Waals surface area contributed by atoms with Crippen LogP contribution in [0.3, 0.4) is 0 Å². The monoisotopic (exact) mass is 316 g/mol. The molecule has 0 aliphatic carbocycles. The highest BCUT2D eigenvalue weighted by Crippen LogP contribution is 2.26. The van der Waals surface area contributed by atoms with Crippen LogP contribution in [-0.2, 0) is 6.54 Å². The summed E-state index contributed by atoms with van der Waals surface area (Å²) in [6.45, 7) is 0.727. The average molecular weight is 316 g/mol. The number of aromatic nitrogens is 4. The Morgan fingerprint density at radius 1 is 1.04 bits per heavy atom. The minimum atomic E-state index is 0.266. The Hall–Kier alpha value is -3.41. The van der Waals surface area contributed by atoms with Crippen molar-refractivity contribution in [1.29, 1.82) is 0 Å². The standard InChI is InChI=1S/C18H16N6/c19-18-20-9-8-15(22-18)13-6-7-14-16(10-13)23-24-17(14)21-11-12-4-2-1-3-5-12/h1-10H,11H2,(H2,19,20,22)(H2,21,23,24). The van der Waals surface area contributed by atoms with E-state index in [1.54, 1.807) is 6.20 Å². The van der Waals surface area contributed by atoms with E-state index in [0.717, 1.165) is 34.5 Å². The number of fused-ring (bicyclic) bond motifs is 1. The van der Waals surface area contributed by atoms with Crippen LogP contribution in [0.15, 0.2) is 60.8 Å². The van der Waals surface area contributed by atoms with Gasteiger partial charge in [0.1, 0.15) is 0 Å². The van der Waals surface area contributed by atoms with Gasteiger partial charge in [-0.1, -0.05) is 36.4 Å². The molecular formula is C18H16N6. The van der Waals surface area contributed by atoms with Crippen molar-refractivity contribution in [2.24, 2.45) is 0 Å². The van der Waals surface area contributed by atoms with E-state index in [9.17, 15) is 0 Å². The van der Waals surface area contributed by atoms with Crippen molar-refractivity contribution in [3.05, 3.63) is 66.4 Å². The molecule has 0 radical (unpaired) electrons. The molecule has 0 unspecified atom stereocenters. The lowest BCUT2D eigenvalue weighted by Crippen LogP contribution is -1.99. The first-order valence-electron chi connectivity index (χ1n) is 7.64. The number of nitrogen functional groups attached to an aromatic ring is 1. The summed E-state index contributed by atoms with van der Waals surface area (Å²) in [6.07, 6.45) is 1.65. The second kappa shape index (κ2) is 6.00. The zero-order chi connectivity index (χ0) is 16.4. The third kappa shape index (κ3) is 2.77. The highest BCUT2D eigenvalue weighted by molar-refractivity contribution is 5.92. The van der Waals surface area contributed by atoms with Crippen LogP contribution in [0.25, 0.3) is 22.2 Å². The molecule has 6 nitrogen and oxygen atoms in total. The van der Waals surface area contributed by atoms with Gasteiger partial charge < -0.3 is 11.1 Å². The Kier molecular flexibility index (Phi) is 3.55. The van der Waals surface area contributed by atoms with Crippen LogP contribution in [-0.4, -0.2) is 20.2 Å². The van der Waals surface area contributed by atoms with Crippen LogP contribution >= 0.6 is 0 Å². The Balaban J connectivity index is 1.61. The molecular weight excluding hydrogens is 300 g/mol. The van der Waals surface area contributed by atoms with Gasteiger partial charge >= 0.3 is 0 Å². The van der Waals surface area contributed by atoms with Crippen molar-refractivity contribution in [2.75, 3.05) is 11.1 Å². The molecule has 0 saturated carbocycles. The largest absolute Gasteiger partial charge is 0.368 e.